The fourth-order valence-electron chi connectivity index (χ4n) is 3.70. The van der Waals surface area contributed by atoms with Crippen molar-refractivity contribution in [2.24, 2.45) is 5.92 Å². The molecule has 0 saturated heterocycles. The molecule has 0 atom stereocenters. The Balaban J connectivity index is 1.63. The predicted octanol–water partition coefficient (Wildman–Crippen LogP) is 2.29. The Morgan fingerprint density at radius 3 is 2.48 bits per heavy atom. The zero-order valence-electron chi connectivity index (χ0n) is 16.9. The molecule has 0 unspecified atom stereocenters. The Labute approximate surface area is 170 Å². The van der Waals surface area contributed by atoms with Crippen LogP contribution in [0.4, 0.5) is 4.79 Å². The summed E-state index contributed by atoms with van der Waals surface area (Å²) in [6.45, 7) is 4.81. The van der Waals surface area contributed by atoms with Crippen LogP contribution in [0.1, 0.15) is 45.1 Å². The number of imide groups is 1. The van der Waals surface area contributed by atoms with Crippen LogP contribution in [0, 0.1) is 5.92 Å². The van der Waals surface area contributed by atoms with Gasteiger partial charge in [0.15, 0.2) is 18.1 Å². The van der Waals surface area contributed by atoms with Gasteiger partial charge in [0.2, 0.25) is 0 Å². The van der Waals surface area contributed by atoms with Gasteiger partial charge in [-0.3, -0.25) is 14.9 Å². The van der Waals surface area contributed by atoms with Gasteiger partial charge in [0, 0.05) is 6.54 Å². The second-order valence-electron chi connectivity index (χ2n) is 7.88. The molecule has 1 heterocycles. The first-order valence-corrected chi connectivity index (χ1v) is 10.1. The molecule has 1 saturated carbocycles. The van der Waals surface area contributed by atoms with Gasteiger partial charge >= 0.3 is 12.0 Å². The number of fused-ring (bicyclic) bond motifs is 1. The topological polar surface area (TPSA) is 103 Å². The summed E-state index contributed by atoms with van der Waals surface area (Å²) >= 11 is 0. The molecule has 1 aliphatic heterocycles. The number of carbonyl (C=O) groups excluding carboxylic acids is 3. The first-order valence-electron chi connectivity index (χ1n) is 10.1. The van der Waals surface area contributed by atoms with Gasteiger partial charge in [-0.25, -0.2) is 4.79 Å². The van der Waals surface area contributed by atoms with Gasteiger partial charge < -0.3 is 19.5 Å². The number of ether oxygens (including phenoxy) is 3. The van der Waals surface area contributed by atoms with Crippen molar-refractivity contribution in [3.05, 3.63) is 23.8 Å². The molecule has 3 rings (SSSR count). The molecule has 1 fully saturated rings. The number of esters is 1. The van der Waals surface area contributed by atoms with Crippen LogP contribution in [0.15, 0.2) is 18.2 Å². The summed E-state index contributed by atoms with van der Waals surface area (Å²) in [5.74, 6) is 0.432. The van der Waals surface area contributed by atoms with Gasteiger partial charge in [0.05, 0.1) is 5.41 Å². The molecule has 0 spiro atoms. The highest BCUT2D eigenvalue weighted by molar-refractivity contribution is 5.96. The molecule has 0 bridgehead atoms. The van der Waals surface area contributed by atoms with Gasteiger partial charge in [0.25, 0.3) is 5.91 Å². The zero-order valence-corrected chi connectivity index (χ0v) is 16.9. The van der Waals surface area contributed by atoms with Crippen molar-refractivity contribution in [1.82, 2.24) is 10.6 Å². The van der Waals surface area contributed by atoms with Crippen LogP contribution in [-0.2, 0) is 19.7 Å². The fraction of sp³-hybridized carbons (Fsp3) is 0.571. The molecule has 1 aliphatic carbocycles. The number of amides is 3. The van der Waals surface area contributed by atoms with Crippen LogP contribution in [-0.4, -0.2) is 44.3 Å². The lowest BCUT2D eigenvalue weighted by Crippen LogP contribution is -2.43. The van der Waals surface area contributed by atoms with Crippen LogP contribution < -0.4 is 20.1 Å². The van der Waals surface area contributed by atoms with E-state index < -0.39 is 29.9 Å². The predicted molar refractivity (Wildman–Crippen MR) is 105 cm³/mol. The molecular formula is C21H28N2O6. The number of rotatable bonds is 6. The van der Waals surface area contributed by atoms with Crippen molar-refractivity contribution in [3.8, 4) is 11.5 Å². The third kappa shape index (κ3) is 4.99. The molecule has 2 N–H and O–H groups in total. The van der Waals surface area contributed by atoms with E-state index in [1.165, 1.54) is 0 Å². The maximum Gasteiger partial charge on any atom is 0.321 e. The highest BCUT2D eigenvalue weighted by Crippen LogP contribution is 2.45. The SMILES string of the molecule is CC(C)CNC(=O)NC(=O)COC(=O)C1(c2ccc3c(c2)OCCO3)CCCC1. The van der Waals surface area contributed by atoms with Crippen molar-refractivity contribution in [3.63, 3.8) is 0 Å². The maximum atomic E-state index is 13.0. The summed E-state index contributed by atoms with van der Waals surface area (Å²) in [7, 11) is 0. The third-order valence-corrected chi connectivity index (χ3v) is 5.20. The summed E-state index contributed by atoms with van der Waals surface area (Å²) in [4.78, 5) is 36.6. The minimum Gasteiger partial charge on any atom is -0.486 e. The largest absolute Gasteiger partial charge is 0.486 e. The van der Waals surface area contributed by atoms with Crippen molar-refractivity contribution in [1.29, 1.82) is 0 Å². The Morgan fingerprint density at radius 2 is 1.79 bits per heavy atom. The first kappa shape index (κ1) is 21.0. The number of hydrogen-bond donors (Lipinski definition) is 2. The molecule has 0 radical (unpaired) electrons. The van der Waals surface area contributed by atoms with Crippen molar-refractivity contribution in [2.45, 2.75) is 44.9 Å². The molecule has 8 heteroatoms. The number of nitrogens with one attached hydrogen (secondary N) is 2. The highest BCUT2D eigenvalue weighted by atomic mass is 16.6. The van der Waals surface area contributed by atoms with E-state index in [4.69, 9.17) is 14.2 Å². The molecule has 8 nitrogen and oxygen atoms in total. The van der Waals surface area contributed by atoms with Gasteiger partial charge in [-0.2, -0.15) is 0 Å². The average molecular weight is 404 g/mol. The van der Waals surface area contributed by atoms with E-state index in [2.05, 4.69) is 10.6 Å². The lowest BCUT2D eigenvalue weighted by atomic mass is 9.78. The molecule has 158 valence electrons. The molecule has 3 amide bonds. The van der Waals surface area contributed by atoms with Crippen LogP contribution in [0.3, 0.4) is 0 Å². The van der Waals surface area contributed by atoms with E-state index in [0.717, 1.165) is 18.4 Å². The quantitative estimate of drug-likeness (QED) is 0.705. The molecular weight excluding hydrogens is 376 g/mol. The summed E-state index contributed by atoms with van der Waals surface area (Å²) < 4.78 is 16.5. The summed E-state index contributed by atoms with van der Waals surface area (Å²) in [6, 6.07) is 4.91. The number of hydrogen-bond acceptors (Lipinski definition) is 6. The van der Waals surface area contributed by atoms with Crippen LogP contribution in [0.25, 0.3) is 0 Å². The molecule has 2 aliphatic rings. The Hall–Kier alpha value is -2.77. The van der Waals surface area contributed by atoms with Crippen molar-refractivity contribution < 1.29 is 28.6 Å². The Morgan fingerprint density at radius 1 is 1.10 bits per heavy atom. The number of benzene rings is 1. The average Bonchev–Trinajstić information content (AvgIpc) is 3.21. The zero-order chi connectivity index (χ0) is 20.9. The van der Waals surface area contributed by atoms with E-state index >= 15 is 0 Å². The van der Waals surface area contributed by atoms with E-state index in [0.29, 0.717) is 44.1 Å². The van der Waals surface area contributed by atoms with Crippen LogP contribution in [0.2, 0.25) is 0 Å². The highest BCUT2D eigenvalue weighted by Gasteiger charge is 2.45. The Kier molecular flexibility index (Phi) is 6.61. The monoisotopic (exact) mass is 404 g/mol. The second-order valence-corrected chi connectivity index (χ2v) is 7.88. The van der Waals surface area contributed by atoms with Crippen LogP contribution >= 0.6 is 0 Å². The first-order chi connectivity index (χ1) is 13.9. The number of carbonyl (C=O) groups is 3. The molecule has 1 aromatic rings. The van der Waals surface area contributed by atoms with Gasteiger partial charge in [-0.1, -0.05) is 32.8 Å². The minimum atomic E-state index is -0.810. The van der Waals surface area contributed by atoms with E-state index in [1.807, 2.05) is 32.0 Å². The normalized spacial score (nSPS) is 16.9. The standard InChI is InChI=1S/C21H28N2O6/c1-14(2)12-22-20(26)23-18(24)13-29-19(25)21(7-3-4-8-21)15-5-6-16-17(11-15)28-10-9-27-16/h5-6,11,14H,3-4,7-10,12-13H2,1-2H3,(H2,22,23,24,26). The van der Waals surface area contributed by atoms with Crippen molar-refractivity contribution in [2.75, 3.05) is 26.4 Å². The van der Waals surface area contributed by atoms with Crippen molar-refractivity contribution >= 4 is 17.9 Å². The second kappa shape index (κ2) is 9.15. The van der Waals surface area contributed by atoms with Crippen LogP contribution in [0.5, 0.6) is 11.5 Å². The van der Waals surface area contributed by atoms with E-state index in [9.17, 15) is 14.4 Å². The summed E-state index contributed by atoms with van der Waals surface area (Å²) in [6.07, 6.45) is 3.07. The third-order valence-electron chi connectivity index (χ3n) is 5.20. The minimum absolute atomic E-state index is 0.266. The fourth-order valence-corrected chi connectivity index (χ4v) is 3.70. The summed E-state index contributed by atoms with van der Waals surface area (Å²) in [5.41, 5.74) is -0.00457. The smallest absolute Gasteiger partial charge is 0.321 e. The lowest BCUT2D eigenvalue weighted by Gasteiger charge is -2.28. The maximum absolute atomic E-state index is 13.0. The number of urea groups is 1. The summed E-state index contributed by atoms with van der Waals surface area (Å²) in [5, 5.41) is 4.75. The Bertz CT molecular complexity index is 770. The van der Waals surface area contributed by atoms with Gasteiger partial charge in [0.1, 0.15) is 13.2 Å². The van der Waals surface area contributed by atoms with Gasteiger partial charge in [-0.15, -0.1) is 0 Å². The molecule has 1 aromatic carbocycles. The lowest BCUT2D eigenvalue weighted by molar-refractivity contribution is -0.154. The van der Waals surface area contributed by atoms with E-state index in [-0.39, 0.29) is 5.92 Å². The molecule has 0 aromatic heterocycles. The molecule has 29 heavy (non-hydrogen) atoms. The van der Waals surface area contributed by atoms with Gasteiger partial charge in [-0.05, 0) is 36.5 Å². The van der Waals surface area contributed by atoms with E-state index in [1.54, 1.807) is 0 Å².